The molecular weight excluding hydrogens is 608 g/mol. The predicted molar refractivity (Wildman–Crippen MR) is 182 cm³/mol. The Kier molecular flexibility index (Phi) is 24.8. The highest BCUT2D eigenvalue weighted by Gasteiger charge is 2.43. The molecule has 13 heteroatoms. The lowest BCUT2D eigenvalue weighted by Crippen LogP contribution is -2.67. The van der Waals surface area contributed by atoms with Gasteiger partial charge < -0.3 is 39.7 Å². The van der Waals surface area contributed by atoms with E-state index in [1.807, 2.05) is 0 Å². The molecule has 0 bridgehead atoms. The lowest BCUT2D eigenvalue weighted by Gasteiger charge is -2.46. The van der Waals surface area contributed by atoms with Gasteiger partial charge in [-0.05, 0) is 12.8 Å². The van der Waals surface area contributed by atoms with Crippen LogP contribution in [0.2, 0.25) is 0 Å². The van der Waals surface area contributed by atoms with Crippen molar-refractivity contribution in [2.24, 2.45) is 0 Å². The van der Waals surface area contributed by atoms with Crippen LogP contribution in [0.25, 0.3) is 0 Å². The molecule has 276 valence electrons. The van der Waals surface area contributed by atoms with E-state index in [1.165, 1.54) is 38.5 Å². The molecular formula is C34H67N4O9+. The van der Waals surface area contributed by atoms with Gasteiger partial charge in [0.25, 0.3) is 0 Å². The van der Waals surface area contributed by atoms with Gasteiger partial charge >= 0.3 is 17.9 Å². The second-order valence-electron chi connectivity index (χ2n) is 13.1. The molecule has 1 saturated heterocycles. The number of ether oxygens (including phenoxy) is 2. The topological polar surface area (TPSA) is 169 Å². The van der Waals surface area contributed by atoms with Gasteiger partial charge in [-0.2, -0.15) is 0 Å². The Balaban J connectivity index is 3.16. The highest BCUT2D eigenvalue weighted by molar-refractivity contribution is 5.69. The molecule has 0 aromatic rings. The maximum atomic E-state index is 12.4. The van der Waals surface area contributed by atoms with E-state index in [0.29, 0.717) is 52.5 Å². The Labute approximate surface area is 283 Å². The smallest absolute Gasteiger partial charge is 0.359 e. The van der Waals surface area contributed by atoms with Gasteiger partial charge in [0.15, 0.2) is 6.54 Å². The average molecular weight is 676 g/mol. The van der Waals surface area contributed by atoms with Crippen LogP contribution in [0.4, 0.5) is 0 Å². The normalized spacial score (nSPS) is 20.2. The highest BCUT2D eigenvalue weighted by Crippen LogP contribution is 2.20. The quantitative estimate of drug-likeness (QED) is 0.0673. The van der Waals surface area contributed by atoms with E-state index in [1.54, 1.807) is 9.80 Å². The summed E-state index contributed by atoms with van der Waals surface area (Å²) >= 11 is 0. The SMILES string of the molecule is CCCCCCCCOCC(O)C(COCCCCCCCC)[N+]1(CC(=O)O)CCNCCN(CC(=O)O)CCN(CC(=O)O)CC1. The van der Waals surface area contributed by atoms with E-state index >= 15 is 0 Å². The van der Waals surface area contributed by atoms with Crippen molar-refractivity contribution in [1.29, 1.82) is 0 Å². The number of nitrogens with zero attached hydrogens (tertiary/aromatic N) is 3. The molecule has 13 nitrogen and oxygen atoms in total. The van der Waals surface area contributed by atoms with Crippen molar-refractivity contribution in [2.75, 3.05) is 98.4 Å². The van der Waals surface area contributed by atoms with E-state index < -0.39 is 30.1 Å². The second kappa shape index (κ2) is 27.0. The molecule has 1 rings (SSSR count). The summed E-state index contributed by atoms with van der Waals surface area (Å²) < 4.78 is 12.1. The number of aliphatic hydroxyl groups is 1. The number of quaternary nitrogens is 1. The van der Waals surface area contributed by atoms with E-state index in [-0.39, 0.29) is 50.4 Å². The Morgan fingerprint density at radius 1 is 0.660 bits per heavy atom. The zero-order valence-electron chi connectivity index (χ0n) is 29.4. The van der Waals surface area contributed by atoms with Gasteiger partial charge in [-0.1, -0.05) is 78.1 Å². The van der Waals surface area contributed by atoms with Crippen LogP contribution >= 0.6 is 0 Å². The number of hydrogen-bond donors (Lipinski definition) is 5. The fourth-order valence-corrected chi connectivity index (χ4v) is 6.32. The standard InChI is InChI=1S/C34H66N4O9/c1-3-5-7-9-11-13-23-46-28-30(31(39)29-47-24-14-12-10-8-6-4-2)38(27-34(44)45)21-16-35-15-17-36(25-32(40)41)18-19-37(20-22-38)26-33(42)43/h30-31,35,39H,3-29H2,1-2H3,(H2-,40,41,42,43,44,45)/p+1. The van der Waals surface area contributed by atoms with Crippen molar-refractivity contribution >= 4 is 17.9 Å². The fourth-order valence-electron chi connectivity index (χ4n) is 6.32. The number of carbonyl (C=O) groups is 3. The molecule has 3 unspecified atom stereocenters. The van der Waals surface area contributed by atoms with Crippen LogP contribution in [0.5, 0.6) is 0 Å². The van der Waals surface area contributed by atoms with Crippen LogP contribution in [0.1, 0.15) is 90.9 Å². The Bertz CT molecular complexity index is 837. The molecule has 5 N–H and O–H groups in total. The van der Waals surface area contributed by atoms with Gasteiger partial charge in [0.2, 0.25) is 0 Å². The van der Waals surface area contributed by atoms with Crippen LogP contribution in [-0.4, -0.2) is 163 Å². The number of carboxylic acid groups (broad SMARTS) is 3. The molecule has 1 heterocycles. The average Bonchev–Trinajstić information content (AvgIpc) is 3.00. The monoisotopic (exact) mass is 675 g/mol. The number of nitrogens with one attached hydrogen (secondary N) is 1. The molecule has 3 atom stereocenters. The van der Waals surface area contributed by atoms with Crippen LogP contribution in [-0.2, 0) is 23.9 Å². The van der Waals surface area contributed by atoms with Crippen molar-refractivity contribution < 1.29 is 48.8 Å². The van der Waals surface area contributed by atoms with Gasteiger partial charge in [0, 0.05) is 52.5 Å². The minimum Gasteiger partial charge on any atom is -0.480 e. The van der Waals surface area contributed by atoms with Crippen LogP contribution in [0, 0.1) is 0 Å². The van der Waals surface area contributed by atoms with Crippen molar-refractivity contribution in [2.45, 2.75) is 103 Å². The summed E-state index contributed by atoms with van der Waals surface area (Å²) in [6, 6.07) is -0.601. The lowest BCUT2D eigenvalue weighted by atomic mass is 10.1. The highest BCUT2D eigenvalue weighted by atomic mass is 16.5. The third kappa shape index (κ3) is 21.0. The molecule has 0 spiro atoms. The summed E-state index contributed by atoms with van der Waals surface area (Å²) in [6.07, 6.45) is 12.4. The number of aliphatic carboxylic acids is 3. The number of aliphatic hydroxyl groups excluding tert-OH is 1. The van der Waals surface area contributed by atoms with Crippen molar-refractivity contribution in [3.05, 3.63) is 0 Å². The van der Waals surface area contributed by atoms with Gasteiger partial charge in [-0.3, -0.25) is 19.4 Å². The Hall–Kier alpha value is -1.87. The van der Waals surface area contributed by atoms with Gasteiger partial charge in [-0.15, -0.1) is 0 Å². The van der Waals surface area contributed by atoms with Crippen LogP contribution in [0.15, 0.2) is 0 Å². The van der Waals surface area contributed by atoms with Crippen molar-refractivity contribution in [3.8, 4) is 0 Å². The number of hydrogen-bond acceptors (Lipinski definition) is 9. The summed E-state index contributed by atoms with van der Waals surface area (Å²) in [5.74, 6) is -2.96. The zero-order chi connectivity index (χ0) is 34.8. The number of unbranched alkanes of at least 4 members (excludes halogenated alkanes) is 10. The summed E-state index contributed by atoms with van der Waals surface area (Å²) in [5, 5.41) is 44.1. The lowest BCUT2D eigenvalue weighted by molar-refractivity contribution is -0.947. The molecule has 1 aliphatic heterocycles. The summed E-state index contributed by atoms with van der Waals surface area (Å²) in [7, 11) is 0. The van der Waals surface area contributed by atoms with Crippen LogP contribution in [0.3, 0.4) is 0 Å². The molecule has 47 heavy (non-hydrogen) atoms. The van der Waals surface area contributed by atoms with Crippen LogP contribution < -0.4 is 5.32 Å². The molecule has 0 aromatic carbocycles. The fraction of sp³-hybridized carbons (Fsp3) is 0.912. The first-order chi connectivity index (χ1) is 22.6. The third-order valence-electron chi connectivity index (χ3n) is 9.11. The summed E-state index contributed by atoms with van der Waals surface area (Å²) in [4.78, 5) is 39.1. The molecule has 1 fully saturated rings. The van der Waals surface area contributed by atoms with Crippen molar-refractivity contribution in [3.63, 3.8) is 0 Å². The summed E-state index contributed by atoms with van der Waals surface area (Å²) in [5.41, 5.74) is 0. The number of carboxylic acids is 3. The predicted octanol–water partition coefficient (Wildman–Crippen LogP) is 2.75. The molecule has 1 aliphatic rings. The molecule has 0 saturated carbocycles. The van der Waals surface area contributed by atoms with Gasteiger partial charge in [-0.25, -0.2) is 4.79 Å². The van der Waals surface area contributed by atoms with Gasteiger partial charge in [0.1, 0.15) is 18.8 Å². The molecule has 0 aliphatic carbocycles. The Morgan fingerprint density at radius 3 is 1.70 bits per heavy atom. The summed E-state index contributed by atoms with van der Waals surface area (Å²) in [6.45, 7) is 7.94. The van der Waals surface area contributed by atoms with E-state index in [2.05, 4.69) is 19.2 Å². The second-order valence-corrected chi connectivity index (χ2v) is 13.1. The number of rotatable bonds is 26. The minimum absolute atomic E-state index is 0.00926. The third-order valence-corrected chi connectivity index (χ3v) is 9.11. The molecule has 0 radical (unpaired) electrons. The van der Waals surface area contributed by atoms with E-state index in [4.69, 9.17) is 9.47 Å². The maximum absolute atomic E-state index is 12.4. The minimum atomic E-state index is -1.01. The molecule has 0 amide bonds. The van der Waals surface area contributed by atoms with Crippen molar-refractivity contribution in [1.82, 2.24) is 15.1 Å². The molecule has 0 aromatic heterocycles. The van der Waals surface area contributed by atoms with Gasteiger partial charge in [0.05, 0.1) is 32.8 Å². The largest absolute Gasteiger partial charge is 0.480 e. The van der Waals surface area contributed by atoms with E-state index in [0.717, 1.165) is 38.5 Å². The Morgan fingerprint density at radius 2 is 1.17 bits per heavy atom. The maximum Gasteiger partial charge on any atom is 0.359 e. The first-order valence-electron chi connectivity index (χ1n) is 18.1. The first kappa shape index (κ1) is 43.2. The van der Waals surface area contributed by atoms with E-state index in [9.17, 15) is 34.8 Å². The first-order valence-corrected chi connectivity index (χ1v) is 18.1. The zero-order valence-corrected chi connectivity index (χ0v) is 29.4.